The fourth-order valence-electron chi connectivity index (χ4n) is 3.89. The van der Waals surface area contributed by atoms with Gasteiger partial charge in [0.2, 0.25) is 0 Å². The van der Waals surface area contributed by atoms with Crippen molar-refractivity contribution in [1.82, 2.24) is 9.88 Å². The van der Waals surface area contributed by atoms with Gasteiger partial charge < -0.3 is 10.0 Å². The summed E-state index contributed by atoms with van der Waals surface area (Å²) >= 11 is 0. The molecule has 1 N–H and O–H groups in total. The number of likely N-dealkylation sites (tertiary alicyclic amines) is 1. The minimum Gasteiger partial charge on any atom is -0.507 e. The number of benzene rings is 2. The van der Waals surface area contributed by atoms with Crippen LogP contribution in [-0.2, 0) is 16.1 Å². The monoisotopic (exact) mass is 416 g/mol. The van der Waals surface area contributed by atoms with Crippen molar-refractivity contribution in [1.29, 1.82) is 0 Å². The number of amides is 1. The van der Waals surface area contributed by atoms with Crippen molar-refractivity contribution < 1.29 is 19.1 Å². The summed E-state index contributed by atoms with van der Waals surface area (Å²) in [7, 11) is 0. The molecule has 0 aliphatic carbocycles. The van der Waals surface area contributed by atoms with Crippen LogP contribution >= 0.6 is 0 Å². The Bertz CT molecular complexity index is 1200. The van der Waals surface area contributed by atoms with E-state index in [1.54, 1.807) is 43.6 Å². The minimum absolute atomic E-state index is 0.0565. The van der Waals surface area contributed by atoms with E-state index in [2.05, 4.69) is 4.98 Å². The summed E-state index contributed by atoms with van der Waals surface area (Å²) in [4.78, 5) is 31.4. The average molecular weight is 416 g/mol. The lowest BCUT2D eigenvalue weighted by Crippen LogP contribution is -2.29. The molecule has 3 aromatic rings. The Morgan fingerprint density at radius 3 is 2.58 bits per heavy atom. The molecule has 1 aromatic heterocycles. The first-order chi connectivity index (χ1) is 14.9. The predicted molar refractivity (Wildman–Crippen MR) is 114 cm³/mol. The summed E-state index contributed by atoms with van der Waals surface area (Å²) in [6.45, 7) is 3.73. The van der Waals surface area contributed by atoms with E-state index in [1.807, 2.05) is 19.1 Å². The number of carbonyl (C=O) groups is 2. The summed E-state index contributed by atoms with van der Waals surface area (Å²) in [5.74, 6) is -2.49. The van der Waals surface area contributed by atoms with E-state index in [9.17, 15) is 19.1 Å². The number of carbonyl (C=O) groups excluding carboxylic acids is 2. The van der Waals surface area contributed by atoms with Crippen LogP contribution in [-0.4, -0.2) is 26.7 Å². The molecule has 0 spiro atoms. The molecule has 0 radical (unpaired) electrons. The molecule has 1 atom stereocenters. The number of ketones is 1. The number of aryl methyl sites for hydroxylation is 2. The average Bonchev–Trinajstić information content (AvgIpc) is 3.01. The van der Waals surface area contributed by atoms with Crippen LogP contribution in [0.2, 0.25) is 0 Å². The fraction of sp³-hybridized carbons (Fsp3) is 0.160. The number of aromatic nitrogens is 1. The van der Waals surface area contributed by atoms with Gasteiger partial charge >= 0.3 is 0 Å². The SMILES string of the molecule is Cc1ccc(C)c(C(O)=C2C(=O)C(=O)N(Cc3cccnc3)C2c2ccccc2F)c1. The number of aliphatic hydroxyl groups excluding tert-OH is 1. The van der Waals surface area contributed by atoms with Gasteiger partial charge in [0, 0.05) is 30.1 Å². The molecule has 0 bridgehead atoms. The van der Waals surface area contributed by atoms with Crippen LogP contribution in [0.4, 0.5) is 4.39 Å². The highest BCUT2D eigenvalue weighted by Crippen LogP contribution is 2.41. The second kappa shape index (κ2) is 8.14. The Morgan fingerprint density at radius 2 is 1.87 bits per heavy atom. The number of aliphatic hydroxyl groups is 1. The van der Waals surface area contributed by atoms with Crippen LogP contribution in [0, 0.1) is 19.7 Å². The van der Waals surface area contributed by atoms with E-state index in [0.717, 1.165) is 11.1 Å². The number of Topliss-reactive ketones (excluding diaryl/α,β-unsaturated/α-hetero) is 1. The summed E-state index contributed by atoms with van der Waals surface area (Å²) in [5, 5.41) is 11.2. The lowest BCUT2D eigenvalue weighted by atomic mass is 9.93. The third-order valence-corrected chi connectivity index (χ3v) is 5.46. The second-order valence-corrected chi connectivity index (χ2v) is 7.63. The van der Waals surface area contributed by atoms with Crippen molar-refractivity contribution in [3.05, 3.63) is 106 Å². The normalized spacial score (nSPS) is 17.9. The van der Waals surface area contributed by atoms with Crippen LogP contribution in [0.5, 0.6) is 0 Å². The number of halogens is 1. The number of rotatable bonds is 4. The zero-order valence-corrected chi connectivity index (χ0v) is 17.2. The predicted octanol–water partition coefficient (Wildman–Crippen LogP) is 4.46. The molecule has 1 unspecified atom stereocenters. The Labute approximate surface area is 179 Å². The third-order valence-electron chi connectivity index (χ3n) is 5.46. The zero-order valence-electron chi connectivity index (χ0n) is 17.2. The largest absolute Gasteiger partial charge is 0.507 e. The van der Waals surface area contributed by atoms with E-state index < -0.39 is 23.5 Å². The highest BCUT2D eigenvalue weighted by atomic mass is 19.1. The Morgan fingerprint density at radius 1 is 1.10 bits per heavy atom. The van der Waals surface area contributed by atoms with Crippen LogP contribution in [0.15, 0.2) is 72.6 Å². The molecule has 4 rings (SSSR count). The zero-order chi connectivity index (χ0) is 22.1. The van der Waals surface area contributed by atoms with Crippen molar-refractivity contribution in [3.63, 3.8) is 0 Å². The molecule has 0 saturated carbocycles. The van der Waals surface area contributed by atoms with Gasteiger partial charge in [-0.1, -0.05) is 42.0 Å². The van der Waals surface area contributed by atoms with Gasteiger partial charge in [-0.3, -0.25) is 14.6 Å². The first-order valence-electron chi connectivity index (χ1n) is 9.88. The molecule has 31 heavy (non-hydrogen) atoms. The van der Waals surface area contributed by atoms with Crippen molar-refractivity contribution in [2.24, 2.45) is 0 Å². The van der Waals surface area contributed by atoms with Gasteiger partial charge in [0.05, 0.1) is 11.6 Å². The first kappa shape index (κ1) is 20.5. The molecule has 6 heteroatoms. The van der Waals surface area contributed by atoms with Gasteiger partial charge in [-0.25, -0.2) is 4.39 Å². The van der Waals surface area contributed by atoms with Gasteiger partial charge in [0.1, 0.15) is 11.6 Å². The van der Waals surface area contributed by atoms with Gasteiger partial charge in [0.15, 0.2) is 0 Å². The standard InChI is InChI=1S/C25H21FN2O3/c1-15-9-10-16(2)19(12-15)23(29)21-22(18-7-3-4-8-20(18)26)28(25(31)24(21)30)14-17-6-5-11-27-13-17/h3-13,22,29H,14H2,1-2H3. The number of nitrogens with zero attached hydrogens (tertiary/aromatic N) is 2. The van der Waals surface area contributed by atoms with Gasteiger partial charge in [-0.15, -0.1) is 0 Å². The lowest BCUT2D eigenvalue weighted by molar-refractivity contribution is -0.140. The van der Waals surface area contributed by atoms with Crippen LogP contribution in [0.3, 0.4) is 0 Å². The Balaban J connectivity index is 1.92. The van der Waals surface area contributed by atoms with Crippen LogP contribution < -0.4 is 0 Å². The summed E-state index contributed by atoms with van der Waals surface area (Å²) in [6, 6.07) is 13.9. The summed E-state index contributed by atoms with van der Waals surface area (Å²) < 4.78 is 14.8. The van der Waals surface area contributed by atoms with E-state index in [-0.39, 0.29) is 23.4 Å². The second-order valence-electron chi connectivity index (χ2n) is 7.63. The summed E-state index contributed by atoms with van der Waals surface area (Å²) in [6.07, 6.45) is 3.19. The molecule has 1 amide bonds. The Kier molecular flexibility index (Phi) is 5.38. The minimum atomic E-state index is -1.05. The van der Waals surface area contributed by atoms with Crippen molar-refractivity contribution in [3.8, 4) is 0 Å². The van der Waals surface area contributed by atoms with Crippen LogP contribution in [0.25, 0.3) is 5.76 Å². The molecular weight excluding hydrogens is 395 g/mol. The number of hydrogen-bond acceptors (Lipinski definition) is 4. The summed E-state index contributed by atoms with van der Waals surface area (Å²) in [5.41, 5.74) is 2.80. The topological polar surface area (TPSA) is 70.5 Å². The van der Waals surface area contributed by atoms with Crippen molar-refractivity contribution in [2.75, 3.05) is 0 Å². The molecule has 1 aliphatic heterocycles. The first-order valence-corrected chi connectivity index (χ1v) is 9.88. The number of pyridine rings is 1. The smallest absolute Gasteiger partial charge is 0.295 e. The fourth-order valence-corrected chi connectivity index (χ4v) is 3.89. The molecule has 156 valence electrons. The maximum atomic E-state index is 14.8. The quantitative estimate of drug-likeness (QED) is 0.387. The Hall–Kier alpha value is -3.80. The maximum Gasteiger partial charge on any atom is 0.295 e. The van der Waals surface area contributed by atoms with Gasteiger partial charge in [-0.2, -0.15) is 0 Å². The lowest BCUT2D eigenvalue weighted by Gasteiger charge is -2.25. The van der Waals surface area contributed by atoms with Crippen LogP contribution in [0.1, 0.15) is 33.9 Å². The molecule has 1 aliphatic rings. The van der Waals surface area contributed by atoms with E-state index in [1.165, 1.54) is 23.1 Å². The van der Waals surface area contributed by atoms with Crippen molar-refractivity contribution in [2.45, 2.75) is 26.4 Å². The van der Waals surface area contributed by atoms with Gasteiger partial charge in [0.25, 0.3) is 11.7 Å². The third kappa shape index (κ3) is 3.72. The highest BCUT2D eigenvalue weighted by molar-refractivity contribution is 6.46. The molecule has 5 nitrogen and oxygen atoms in total. The molecule has 1 saturated heterocycles. The molecule has 2 aromatic carbocycles. The molecule has 1 fully saturated rings. The maximum absolute atomic E-state index is 14.8. The van der Waals surface area contributed by atoms with E-state index in [4.69, 9.17) is 0 Å². The van der Waals surface area contributed by atoms with Gasteiger partial charge in [-0.05, 0) is 43.2 Å². The molecular formula is C25H21FN2O3. The van der Waals surface area contributed by atoms with Crippen molar-refractivity contribution >= 4 is 17.4 Å². The highest BCUT2D eigenvalue weighted by Gasteiger charge is 2.47. The molecule has 2 heterocycles. The van der Waals surface area contributed by atoms with E-state index in [0.29, 0.717) is 11.1 Å². The number of hydrogen-bond donors (Lipinski definition) is 1. The van der Waals surface area contributed by atoms with E-state index >= 15 is 0 Å².